The third-order valence-corrected chi connectivity index (χ3v) is 3.48. The minimum absolute atomic E-state index is 0.0847. The van der Waals surface area contributed by atoms with Gasteiger partial charge in [0.15, 0.2) is 0 Å². The average molecular weight is 253 g/mol. The maximum atomic E-state index is 5.84. The number of fused-ring (bicyclic) bond motifs is 1. The van der Waals surface area contributed by atoms with Crippen LogP contribution in [-0.2, 0) is 0 Å². The van der Waals surface area contributed by atoms with Gasteiger partial charge in [-0.05, 0) is 47.5 Å². The molecule has 1 heterocycles. The van der Waals surface area contributed by atoms with Crippen LogP contribution in [0.4, 0.5) is 0 Å². The van der Waals surface area contributed by atoms with Gasteiger partial charge in [0.05, 0.1) is 0 Å². The molecule has 1 aromatic heterocycles. The molecule has 0 fully saturated rings. The van der Waals surface area contributed by atoms with Gasteiger partial charge in [-0.25, -0.2) is 0 Å². The van der Waals surface area contributed by atoms with Crippen molar-refractivity contribution in [1.29, 1.82) is 0 Å². The van der Waals surface area contributed by atoms with Crippen LogP contribution < -0.4 is 5.73 Å². The third-order valence-electron chi connectivity index (χ3n) is 2.46. The van der Waals surface area contributed by atoms with Crippen molar-refractivity contribution in [2.24, 2.45) is 5.73 Å². The largest absolute Gasteiger partial charge is 0.358 e. The first-order valence-corrected chi connectivity index (χ1v) is 5.42. The fourth-order valence-electron chi connectivity index (χ4n) is 1.59. The van der Waals surface area contributed by atoms with E-state index < -0.39 is 0 Å². The van der Waals surface area contributed by atoms with Crippen LogP contribution in [0.3, 0.4) is 0 Å². The average Bonchev–Trinajstić information content (AvgIpc) is 2.43. The number of halogens is 1. The number of aromatic nitrogens is 1. The maximum Gasteiger partial charge on any atom is 0.0467 e. The topological polar surface area (TPSA) is 41.8 Å². The van der Waals surface area contributed by atoms with Crippen LogP contribution >= 0.6 is 15.9 Å². The van der Waals surface area contributed by atoms with Gasteiger partial charge in [-0.1, -0.05) is 6.07 Å². The highest BCUT2D eigenvalue weighted by atomic mass is 79.9. The van der Waals surface area contributed by atoms with Gasteiger partial charge >= 0.3 is 0 Å². The summed E-state index contributed by atoms with van der Waals surface area (Å²) in [6.07, 6.45) is 0. The summed E-state index contributed by atoms with van der Waals surface area (Å²) in [5.41, 5.74) is 9.31. The lowest BCUT2D eigenvalue weighted by Crippen LogP contribution is -2.04. The molecule has 1 unspecified atom stereocenters. The molecule has 0 spiro atoms. The van der Waals surface area contributed by atoms with Crippen LogP contribution in [0.5, 0.6) is 0 Å². The number of aromatic amines is 1. The fourth-order valence-corrected chi connectivity index (χ4v) is 2.02. The highest BCUT2D eigenvalue weighted by Gasteiger charge is 2.07. The second-order valence-electron chi connectivity index (χ2n) is 3.66. The van der Waals surface area contributed by atoms with Crippen molar-refractivity contribution >= 4 is 26.8 Å². The van der Waals surface area contributed by atoms with E-state index in [1.165, 1.54) is 5.39 Å². The quantitative estimate of drug-likeness (QED) is 0.804. The molecule has 0 saturated carbocycles. The molecule has 0 aliphatic rings. The van der Waals surface area contributed by atoms with Crippen LogP contribution in [0.1, 0.15) is 24.2 Å². The zero-order valence-electron chi connectivity index (χ0n) is 8.26. The second-order valence-corrected chi connectivity index (χ2v) is 4.45. The molecule has 0 radical (unpaired) electrons. The highest BCUT2D eigenvalue weighted by molar-refractivity contribution is 9.10. The maximum absolute atomic E-state index is 5.84. The van der Waals surface area contributed by atoms with E-state index in [1.54, 1.807) is 0 Å². The molecule has 3 heteroatoms. The van der Waals surface area contributed by atoms with Crippen molar-refractivity contribution in [3.63, 3.8) is 0 Å². The predicted octanol–water partition coefficient (Wildman–Crippen LogP) is 3.26. The molecule has 2 nitrogen and oxygen atoms in total. The van der Waals surface area contributed by atoms with Crippen molar-refractivity contribution in [3.8, 4) is 0 Å². The molecule has 2 rings (SSSR count). The Kier molecular flexibility index (Phi) is 2.37. The molecule has 1 atom stereocenters. The van der Waals surface area contributed by atoms with Gasteiger partial charge in [0.25, 0.3) is 0 Å². The van der Waals surface area contributed by atoms with Gasteiger partial charge in [-0.3, -0.25) is 0 Å². The van der Waals surface area contributed by atoms with Crippen molar-refractivity contribution in [2.75, 3.05) is 0 Å². The van der Waals surface area contributed by atoms with E-state index >= 15 is 0 Å². The van der Waals surface area contributed by atoms with Crippen LogP contribution in [0.15, 0.2) is 22.7 Å². The van der Waals surface area contributed by atoms with Crippen molar-refractivity contribution in [1.82, 2.24) is 4.98 Å². The first kappa shape index (κ1) is 9.74. The first-order valence-electron chi connectivity index (χ1n) is 4.63. The molecular weight excluding hydrogens is 240 g/mol. The number of rotatable bonds is 1. The number of nitrogens with one attached hydrogen (secondary N) is 1. The Labute approximate surface area is 91.6 Å². The summed E-state index contributed by atoms with van der Waals surface area (Å²) in [6, 6.07) is 6.36. The zero-order chi connectivity index (χ0) is 10.3. The summed E-state index contributed by atoms with van der Waals surface area (Å²) in [5, 5.41) is 1.21. The van der Waals surface area contributed by atoms with E-state index in [2.05, 4.69) is 46.0 Å². The van der Waals surface area contributed by atoms with E-state index in [1.807, 2.05) is 6.92 Å². The van der Waals surface area contributed by atoms with Gasteiger partial charge in [-0.15, -0.1) is 0 Å². The Hall–Kier alpha value is -0.800. The summed E-state index contributed by atoms with van der Waals surface area (Å²) < 4.78 is 1.13. The van der Waals surface area contributed by atoms with Crippen LogP contribution in [-0.4, -0.2) is 4.98 Å². The number of benzene rings is 1. The number of H-pyrrole nitrogens is 1. The molecule has 0 aliphatic carbocycles. The lowest BCUT2D eigenvalue weighted by molar-refractivity contribution is 0.820. The van der Waals surface area contributed by atoms with E-state index in [0.29, 0.717) is 0 Å². The van der Waals surface area contributed by atoms with Crippen molar-refractivity contribution in [3.05, 3.63) is 33.9 Å². The highest BCUT2D eigenvalue weighted by Crippen LogP contribution is 2.29. The van der Waals surface area contributed by atoms with E-state index in [0.717, 1.165) is 21.2 Å². The van der Waals surface area contributed by atoms with Gasteiger partial charge < -0.3 is 10.7 Å². The first-order chi connectivity index (χ1) is 6.59. The standard InChI is InChI=1S/C11H13BrN2/c1-6(13)8-3-4-10-9(5-8)11(12)7(2)14-10/h3-6,14H,13H2,1-2H3. The summed E-state index contributed by atoms with van der Waals surface area (Å²) in [6.45, 7) is 4.05. The number of nitrogens with two attached hydrogens (primary N) is 1. The molecule has 74 valence electrons. The van der Waals surface area contributed by atoms with Gasteiger partial charge in [0.1, 0.15) is 0 Å². The Balaban J connectivity index is 2.69. The SMILES string of the molecule is Cc1[nH]c2ccc(C(C)N)cc2c1Br. The minimum atomic E-state index is 0.0847. The van der Waals surface area contributed by atoms with Crippen molar-refractivity contribution in [2.45, 2.75) is 19.9 Å². The summed E-state index contributed by atoms with van der Waals surface area (Å²) in [7, 11) is 0. The zero-order valence-corrected chi connectivity index (χ0v) is 9.85. The summed E-state index contributed by atoms with van der Waals surface area (Å²) in [5.74, 6) is 0. The summed E-state index contributed by atoms with van der Waals surface area (Å²) in [4.78, 5) is 3.31. The normalized spacial score (nSPS) is 13.4. The minimum Gasteiger partial charge on any atom is -0.358 e. The molecule has 1 aromatic carbocycles. The molecular formula is C11H13BrN2. The van der Waals surface area contributed by atoms with Gasteiger partial charge in [0.2, 0.25) is 0 Å². The Bertz CT molecular complexity index is 471. The van der Waals surface area contributed by atoms with Crippen molar-refractivity contribution < 1.29 is 0 Å². The van der Waals surface area contributed by atoms with E-state index in [4.69, 9.17) is 5.73 Å². The van der Waals surface area contributed by atoms with E-state index in [9.17, 15) is 0 Å². The summed E-state index contributed by atoms with van der Waals surface area (Å²) >= 11 is 3.56. The fraction of sp³-hybridized carbons (Fsp3) is 0.273. The molecule has 3 N–H and O–H groups in total. The lowest BCUT2D eigenvalue weighted by Gasteiger charge is -2.04. The van der Waals surface area contributed by atoms with Crippen LogP contribution in [0.2, 0.25) is 0 Å². The van der Waals surface area contributed by atoms with Gasteiger partial charge in [0, 0.05) is 27.1 Å². The molecule has 0 amide bonds. The molecule has 0 saturated heterocycles. The molecule has 0 bridgehead atoms. The lowest BCUT2D eigenvalue weighted by atomic mass is 10.1. The number of hydrogen-bond donors (Lipinski definition) is 2. The number of hydrogen-bond acceptors (Lipinski definition) is 1. The second kappa shape index (κ2) is 3.41. The van der Waals surface area contributed by atoms with Gasteiger partial charge in [-0.2, -0.15) is 0 Å². The Morgan fingerprint density at radius 3 is 2.79 bits per heavy atom. The van der Waals surface area contributed by atoms with Crippen LogP contribution in [0.25, 0.3) is 10.9 Å². The predicted molar refractivity (Wildman–Crippen MR) is 63.3 cm³/mol. The molecule has 14 heavy (non-hydrogen) atoms. The smallest absolute Gasteiger partial charge is 0.0467 e. The monoisotopic (exact) mass is 252 g/mol. The Morgan fingerprint density at radius 1 is 1.43 bits per heavy atom. The molecule has 2 aromatic rings. The Morgan fingerprint density at radius 2 is 2.14 bits per heavy atom. The number of aryl methyl sites for hydroxylation is 1. The third kappa shape index (κ3) is 1.47. The van der Waals surface area contributed by atoms with E-state index in [-0.39, 0.29) is 6.04 Å². The van der Waals surface area contributed by atoms with Crippen LogP contribution in [0, 0.1) is 6.92 Å². The molecule has 0 aliphatic heterocycles.